The number of hydrogen-bond donors (Lipinski definition) is 0. The fourth-order valence-corrected chi connectivity index (χ4v) is 1.98. The number of carbonyl (C=O) groups excluding carboxylic acids is 1. The topological polar surface area (TPSA) is 55.2 Å². The van der Waals surface area contributed by atoms with Crippen molar-refractivity contribution in [3.8, 4) is 0 Å². The van der Waals surface area contributed by atoms with Crippen molar-refractivity contribution in [2.45, 2.75) is 26.8 Å². The summed E-state index contributed by atoms with van der Waals surface area (Å²) in [5, 5.41) is 4.00. The van der Waals surface area contributed by atoms with Crippen molar-refractivity contribution >= 4 is 28.5 Å². The molecule has 6 heteroatoms. The summed E-state index contributed by atoms with van der Waals surface area (Å²) in [6.07, 6.45) is 1.58. The third-order valence-electron chi connectivity index (χ3n) is 2.59. The maximum atomic E-state index is 12.1. The zero-order valence-electron chi connectivity index (χ0n) is 10.2. The smallest absolute Gasteiger partial charge is 0.268 e. The fraction of sp³-hybridized carbons (Fsp3) is 0.545. The van der Waals surface area contributed by atoms with E-state index in [-0.39, 0.29) is 11.5 Å². The summed E-state index contributed by atoms with van der Waals surface area (Å²) < 4.78 is 1.99. The molecule has 1 amide bonds. The van der Waals surface area contributed by atoms with Crippen LogP contribution in [0.1, 0.15) is 26.8 Å². The summed E-state index contributed by atoms with van der Waals surface area (Å²) in [7, 11) is 0. The molecule has 0 aliphatic heterocycles. The van der Waals surface area contributed by atoms with Gasteiger partial charge in [-0.05, 0) is 43.4 Å². The molecule has 1 aromatic heterocycles. The number of carbonyl (C=O) groups is 1. The average Bonchev–Trinajstić information content (AvgIpc) is 2.29. The first-order valence-electron chi connectivity index (χ1n) is 5.54. The second-order valence-corrected chi connectivity index (χ2v) is 4.89. The van der Waals surface area contributed by atoms with Crippen molar-refractivity contribution in [1.29, 1.82) is 0 Å². The van der Waals surface area contributed by atoms with Gasteiger partial charge in [0, 0.05) is 22.7 Å². The molecule has 1 unspecified atom stereocenters. The quantitative estimate of drug-likeness (QED) is 0.770. The van der Waals surface area contributed by atoms with Crippen molar-refractivity contribution in [3.05, 3.63) is 26.2 Å². The largest absolute Gasteiger partial charge is 0.341 e. The van der Waals surface area contributed by atoms with Crippen molar-refractivity contribution < 1.29 is 4.79 Å². The first kappa shape index (κ1) is 14.1. The van der Waals surface area contributed by atoms with Gasteiger partial charge in [0.25, 0.3) is 5.56 Å². The number of nitrogens with zero attached hydrogens (tertiary/aromatic N) is 3. The highest BCUT2D eigenvalue weighted by molar-refractivity contribution is 14.1. The Hall–Kier alpha value is -0.920. The summed E-state index contributed by atoms with van der Waals surface area (Å²) in [5.41, 5.74) is -0.245. The van der Waals surface area contributed by atoms with E-state index in [9.17, 15) is 9.59 Å². The first-order valence-corrected chi connectivity index (χ1v) is 6.62. The molecule has 0 aliphatic rings. The molecule has 1 rings (SSSR count). The van der Waals surface area contributed by atoms with Gasteiger partial charge < -0.3 is 4.90 Å². The van der Waals surface area contributed by atoms with E-state index in [0.29, 0.717) is 13.1 Å². The molecule has 0 spiro atoms. The van der Waals surface area contributed by atoms with Crippen LogP contribution in [0.15, 0.2) is 17.1 Å². The third-order valence-corrected chi connectivity index (χ3v) is 3.18. The van der Waals surface area contributed by atoms with Crippen molar-refractivity contribution in [3.63, 3.8) is 0 Å². The highest BCUT2D eigenvalue weighted by Gasteiger charge is 2.21. The molecule has 0 bridgehead atoms. The van der Waals surface area contributed by atoms with E-state index in [1.54, 1.807) is 18.0 Å². The molecular formula is C11H16IN3O2. The van der Waals surface area contributed by atoms with Gasteiger partial charge in [-0.15, -0.1) is 0 Å². The minimum Gasteiger partial charge on any atom is -0.341 e. The van der Waals surface area contributed by atoms with Gasteiger partial charge in [-0.25, -0.2) is 4.68 Å². The van der Waals surface area contributed by atoms with Crippen molar-refractivity contribution in [2.24, 2.45) is 0 Å². The number of likely N-dealkylation sites (N-methyl/N-ethyl adjacent to an activating group) is 1. The van der Waals surface area contributed by atoms with E-state index >= 15 is 0 Å². The monoisotopic (exact) mass is 349 g/mol. The third kappa shape index (κ3) is 3.27. The van der Waals surface area contributed by atoms with Gasteiger partial charge in [-0.2, -0.15) is 5.10 Å². The number of hydrogen-bond acceptors (Lipinski definition) is 3. The zero-order valence-corrected chi connectivity index (χ0v) is 12.3. The summed E-state index contributed by atoms with van der Waals surface area (Å²) in [6, 6.07) is 0.916. The van der Waals surface area contributed by atoms with Crippen LogP contribution in [0.4, 0.5) is 0 Å². The SMILES string of the molecule is CCN(CC)C(=O)C(C)n1ncc(I)cc1=O. The Kier molecular flexibility index (Phi) is 5.10. The lowest BCUT2D eigenvalue weighted by Crippen LogP contribution is -2.39. The Morgan fingerprint density at radius 3 is 2.59 bits per heavy atom. The number of aromatic nitrogens is 2. The Morgan fingerprint density at radius 1 is 1.53 bits per heavy atom. The van der Waals surface area contributed by atoms with Crippen molar-refractivity contribution in [2.75, 3.05) is 13.1 Å². The molecular weight excluding hydrogens is 333 g/mol. The predicted molar refractivity (Wildman–Crippen MR) is 73.9 cm³/mol. The molecule has 17 heavy (non-hydrogen) atoms. The van der Waals surface area contributed by atoms with Crippen LogP contribution < -0.4 is 5.56 Å². The molecule has 1 heterocycles. The van der Waals surface area contributed by atoms with Crippen LogP contribution in [0.25, 0.3) is 0 Å². The van der Waals surface area contributed by atoms with E-state index in [1.807, 2.05) is 36.4 Å². The molecule has 1 aromatic rings. The van der Waals surface area contributed by atoms with E-state index in [2.05, 4.69) is 5.10 Å². The van der Waals surface area contributed by atoms with Gasteiger partial charge in [0.1, 0.15) is 6.04 Å². The molecule has 94 valence electrons. The van der Waals surface area contributed by atoms with Gasteiger partial charge in [-0.1, -0.05) is 0 Å². The Labute approximate surface area is 114 Å². The normalized spacial score (nSPS) is 12.2. The number of halogens is 1. The minimum atomic E-state index is -0.556. The van der Waals surface area contributed by atoms with Gasteiger partial charge in [0.05, 0.1) is 6.20 Å². The summed E-state index contributed by atoms with van der Waals surface area (Å²) in [6.45, 7) is 6.80. The second kappa shape index (κ2) is 6.13. The number of amides is 1. The summed E-state index contributed by atoms with van der Waals surface area (Å²) in [4.78, 5) is 25.5. The molecule has 0 aliphatic carbocycles. The van der Waals surface area contributed by atoms with Crippen LogP contribution in [-0.4, -0.2) is 33.7 Å². The molecule has 0 fully saturated rings. The van der Waals surface area contributed by atoms with Gasteiger partial charge in [0.2, 0.25) is 5.91 Å². The lowest BCUT2D eigenvalue weighted by molar-refractivity contribution is -0.134. The molecule has 0 radical (unpaired) electrons. The van der Waals surface area contributed by atoms with Gasteiger partial charge in [-0.3, -0.25) is 9.59 Å². The van der Waals surface area contributed by atoms with E-state index in [4.69, 9.17) is 0 Å². The first-order chi connectivity index (χ1) is 8.01. The van der Waals surface area contributed by atoms with Crippen LogP contribution in [0, 0.1) is 3.57 Å². The molecule has 1 atom stereocenters. The molecule has 0 saturated carbocycles. The van der Waals surface area contributed by atoms with E-state index in [1.165, 1.54) is 10.7 Å². The number of rotatable bonds is 4. The summed E-state index contributed by atoms with van der Waals surface area (Å²) in [5.74, 6) is -0.0780. The van der Waals surface area contributed by atoms with Gasteiger partial charge >= 0.3 is 0 Å². The maximum Gasteiger partial charge on any atom is 0.268 e. The van der Waals surface area contributed by atoms with Crippen LogP contribution in [-0.2, 0) is 4.79 Å². The predicted octanol–water partition coefficient (Wildman–Crippen LogP) is 1.28. The maximum absolute atomic E-state index is 12.1. The molecule has 5 nitrogen and oxygen atoms in total. The van der Waals surface area contributed by atoms with E-state index in [0.717, 1.165) is 3.57 Å². The van der Waals surface area contributed by atoms with Crippen LogP contribution in [0.5, 0.6) is 0 Å². The molecule has 0 aromatic carbocycles. The standard InChI is InChI=1S/C11H16IN3O2/c1-4-14(5-2)11(17)8(3)15-10(16)6-9(12)7-13-15/h6-8H,4-5H2,1-3H3. The lowest BCUT2D eigenvalue weighted by atomic mass is 10.3. The highest BCUT2D eigenvalue weighted by Crippen LogP contribution is 2.07. The van der Waals surface area contributed by atoms with Crippen LogP contribution >= 0.6 is 22.6 Å². The Morgan fingerprint density at radius 2 is 2.12 bits per heavy atom. The average molecular weight is 349 g/mol. The second-order valence-electron chi connectivity index (χ2n) is 3.64. The zero-order chi connectivity index (χ0) is 13.0. The van der Waals surface area contributed by atoms with Crippen LogP contribution in [0.3, 0.4) is 0 Å². The molecule has 0 saturated heterocycles. The Bertz CT molecular complexity index is 454. The summed E-state index contributed by atoms with van der Waals surface area (Å²) >= 11 is 2.02. The highest BCUT2D eigenvalue weighted by atomic mass is 127. The fourth-order valence-electron chi connectivity index (χ4n) is 1.59. The van der Waals surface area contributed by atoms with Crippen LogP contribution in [0.2, 0.25) is 0 Å². The minimum absolute atomic E-state index is 0.0780. The van der Waals surface area contributed by atoms with Gasteiger partial charge in [0.15, 0.2) is 0 Å². The lowest BCUT2D eigenvalue weighted by Gasteiger charge is -2.23. The molecule has 0 N–H and O–H groups in total. The Balaban J connectivity index is 3.00. The van der Waals surface area contributed by atoms with Crippen molar-refractivity contribution in [1.82, 2.24) is 14.7 Å². The van der Waals surface area contributed by atoms with E-state index < -0.39 is 6.04 Å².